The van der Waals surface area contributed by atoms with E-state index in [1.165, 1.54) is 37.3 Å². The minimum Gasteiger partial charge on any atom is -0.495 e. The highest BCUT2D eigenvalue weighted by Crippen LogP contribution is 2.36. The molecule has 0 atom stereocenters. The van der Waals surface area contributed by atoms with Gasteiger partial charge in [0.15, 0.2) is 4.34 Å². The van der Waals surface area contributed by atoms with Crippen LogP contribution in [0.25, 0.3) is 11.3 Å². The number of hydrogen-bond acceptors (Lipinski definition) is 6. The van der Waals surface area contributed by atoms with Crippen molar-refractivity contribution in [3.8, 4) is 22.8 Å². The normalized spacial score (nSPS) is 10.5. The van der Waals surface area contributed by atoms with Gasteiger partial charge in [0.25, 0.3) is 0 Å². The van der Waals surface area contributed by atoms with Crippen molar-refractivity contribution in [2.75, 3.05) is 25.3 Å². The summed E-state index contributed by atoms with van der Waals surface area (Å²) in [5.41, 5.74) is 2.47. The Kier molecular flexibility index (Phi) is 6.60. The molecule has 0 aliphatic heterocycles. The maximum absolute atomic E-state index is 12.3. The SMILES string of the molecule is COc1cc(OC)c(NC(=O)CSc2nc(-c3ccccc3)cs2)cc1Cl. The van der Waals surface area contributed by atoms with Crippen molar-refractivity contribution in [3.63, 3.8) is 0 Å². The van der Waals surface area contributed by atoms with Gasteiger partial charge in [-0.1, -0.05) is 53.7 Å². The van der Waals surface area contributed by atoms with E-state index in [9.17, 15) is 4.79 Å². The lowest BCUT2D eigenvalue weighted by Gasteiger charge is -2.12. The summed E-state index contributed by atoms with van der Waals surface area (Å²) in [6.45, 7) is 0. The Morgan fingerprint density at radius 2 is 1.93 bits per heavy atom. The standard InChI is InChI=1S/C19H17ClN2O3S2/c1-24-16-9-17(25-2)14(8-13(16)20)21-18(23)11-27-19-22-15(10-26-19)12-6-4-3-5-7-12/h3-10H,11H2,1-2H3,(H,21,23). The molecule has 0 radical (unpaired) electrons. The third-order valence-electron chi connectivity index (χ3n) is 3.63. The van der Waals surface area contributed by atoms with Crippen molar-refractivity contribution in [1.29, 1.82) is 0 Å². The number of carbonyl (C=O) groups is 1. The Labute approximate surface area is 170 Å². The predicted octanol–water partition coefficient (Wildman–Crippen LogP) is 5.21. The third kappa shape index (κ3) is 4.94. The van der Waals surface area contributed by atoms with Crippen LogP contribution in [0.1, 0.15) is 0 Å². The Morgan fingerprint density at radius 3 is 2.63 bits per heavy atom. The first-order valence-corrected chi connectivity index (χ1v) is 10.2. The number of thiazole rings is 1. The molecule has 3 aromatic rings. The lowest BCUT2D eigenvalue weighted by molar-refractivity contribution is -0.113. The number of aromatic nitrogens is 1. The van der Waals surface area contributed by atoms with Gasteiger partial charge in [-0.2, -0.15) is 0 Å². The number of carbonyl (C=O) groups excluding carboxylic acids is 1. The van der Waals surface area contributed by atoms with Crippen LogP contribution in [-0.4, -0.2) is 30.9 Å². The zero-order valence-corrected chi connectivity index (χ0v) is 17.1. The van der Waals surface area contributed by atoms with Crippen molar-refractivity contribution in [2.24, 2.45) is 0 Å². The minimum absolute atomic E-state index is 0.170. The molecular formula is C19H17ClN2O3S2. The molecule has 140 valence electrons. The van der Waals surface area contributed by atoms with Gasteiger partial charge in [0.05, 0.1) is 36.4 Å². The van der Waals surface area contributed by atoms with Crippen LogP contribution in [0, 0.1) is 0 Å². The van der Waals surface area contributed by atoms with E-state index in [0.717, 1.165) is 15.6 Å². The maximum atomic E-state index is 12.3. The molecule has 1 heterocycles. The maximum Gasteiger partial charge on any atom is 0.234 e. The van der Waals surface area contributed by atoms with Crippen molar-refractivity contribution in [3.05, 3.63) is 52.9 Å². The van der Waals surface area contributed by atoms with Crippen molar-refractivity contribution in [2.45, 2.75) is 4.34 Å². The van der Waals surface area contributed by atoms with Gasteiger partial charge in [0.2, 0.25) is 5.91 Å². The van der Waals surface area contributed by atoms with Crippen LogP contribution >= 0.6 is 34.7 Å². The molecule has 0 fully saturated rings. The van der Waals surface area contributed by atoms with E-state index in [0.29, 0.717) is 22.2 Å². The molecule has 3 rings (SSSR count). The summed E-state index contributed by atoms with van der Waals surface area (Å²) in [6.07, 6.45) is 0. The second-order valence-corrected chi connectivity index (χ2v) is 7.88. The first kappa shape index (κ1) is 19.5. The molecule has 1 amide bonds. The van der Waals surface area contributed by atoms with Crippen molar-refractivity contribution >= 4 is 46.3 Å². The van der Waals surface area contributed by atoms with Crippen LogP contribution in [0.4, 0.5) is 5.69 Å². The topological polar surface area (TPSA) is 60.5 Å². The molecule has 0 spiro atoms. The van der Waals surface area contributed by atoms with Gasteiger partial charge in [-0.15, -0.1) is 11.3 Å². The number of anilines is 1. The van der Waals surface area contributed by atoms with E-state index < -0.39 is 0 Å². The van der Waals surface area contributed by atoms with Crippen LogP contribution < -0.4 is 14.8 Å². The van der Waals surface area contributed by atoms with Crippen LogP contribution in [0.2, 0.25) is 5.02 Å². The van der Waals surface area contributed by atoms with Gasteiger partial charge in [0.1, 0.15) is 11.5 Å². The van der Waals surface area contributed by atoms with Crippen LogP contribution in [0.3, 0.4) is 0 Å². The molecule has 0 aliphatic rings. The quantitative estimate of drug-likeness (QED) is 0.531. The highest BCUT2D eigenvalue weighted by atomic mass is 35.5. The Morgan fingerprint density at radius 1 is 1.19 bits per heavy atom. The van der Waals surface area contributed by atoms with E-state index >= 15 is 0 Å². The molecule has 0 bridgehead atoms. The molecule has 8 heteroatoms. The molecule has 5 nitrogen and oxygen atoms in total. The summed E-state index contributed by atoms with van der Waals surface area (Å²) >= 11 is 9.03. The smallest absolute Gasteiger partial charge is 0.234 e. The molecule has 0 unspecified atom stereocenters. The Balaban J connectivity index is 1.62. The lowest BCUT2D eigenvalue weighted by Crippen LogP contribution is -2.14. The Bertz CT molecular complexity index is 932. The molecule has 0 saturated carbocycles. The first-order chi connectivity index (χ1) is 13.1. The summed E-state index contributed by atoms with van der Waals surface area (Å²) in [5.74, 6) is 1.03. The molecule has 0 saturated heterocycles. The van der Waals surface area contributed by atoms with Crippen LogP contribution in [0.15, 0.2) is 52.2 Å². The number of hydrogen-bond donors (Lipinski definition) is 1. The Hall–Kier alpha value is -2.22. The number of benzene rings is 2. The number of halogens is 1. The van der Waals surface area contributed by atoms with Gasteiger partial charge in [-0.3, -0.25) is 4.79 Å². The molecule has 1 N–H and O–H groups in total. The number of nitrogens with one attached hydrogen (secondary N) is 1. The van der Waals surface area contributed by atoms with Gasteiger partial charge >= 0.3 is 0 Å². The van der Waals surface area contributed by atoms with Crippen molar-refractivity contribution < 1.29 is 14.3 Å². The predicted molar refractivity (Wildman–Crippen MR) is 111 cm³/mol. The monoisotopic (exact) mass is 420 g/mol. The third-order valence-corrected chi connectivity index (χ3v) is 5.94. The summed E-state index contributed by atoms with van der Waals surface area (Å²) in [5, 5.41) is 5.20. The van der Waals surface area contributed by atoms with Gasteiger partial charge in [-0.05, 0) is 6.07 Å². The van der Waals surface area contributed by atoms with E-state index in [4.69, 9.17) is 21.1 Å². The number of ether oxygens (including phenoxy) is 2. The number of rotatable bonds is 7. The number of amides is 1. The largest absolute Gasteiger partial charge is 0.495 e. The lowest BCUT2D eigenvalue weighted by atomic mass is 10.2. The summed E-state index contributed by atoms with van der Waals surface area (Å²) in [6, 6.07) is 13.2. The minimum atomic E-state index is -0.170. The van der Waals surface area contributed by atoms with Crippen molar-refractivity contribution in [1.82, 2.24) is 4.98 Å². The second-order valence-electron chi connectivity index (χ2n) is 5.39. The summed E-state index contributed by atoms with van der Waals surface area (Å²) in [7, 11) is 3.04. The average molecular weight is 421 g/mol. The van der Waals surface area contributed by atoms with Crippen LogP contribution in [0.5, 0.6) is 11.5 Å². The number of thioether (sulfide) groups is 1. The van der Waals surface area contributed by atoms with E-state index in [-0.39, 0.29) is 11.7 Å². The summed E-state index contributed by atoms with van der Waals surface area (Å²) in [4.78, 5) is 16.9. The zero-order chi connectivity index (χ0) is 19.2. The van der Waals surface area contributed by atoms with E-state index in [2.05, 4.69) is 10.3 Å². The van der Waals surface area contributed by atoms with Gasteiger partial charge in [-0.25, -0.2) is 4.98 Å². The summed E-state index contributed by atoms with van der Waals surface area (Å²) < 4.78 is 11.3. The molecular weight excluding hydrogens is 404 g/mol. The molecule has 27 heavy (non-hydrogen) atoms. The fourth-order valence-electron chi connectivity index (χ4n) is 2.34. The fourth-order valence-corrected chi connectivity index (χ4v) is 4.21. The fraction of sp³-hybridized carbons (Fsp3) is 0.158. The highest BCUT2D eigenvalue weighted by molar-refractivity contribution is 8.01. The van der Waals surface area contributed by atoms with Gasteiger partial charge < -0.3 is 14.8 Å². The number of nitrogens with zero attached hydrogens (tertiary/aromatic N) is 1. The molecule has 0 aliphatic carbocycles. The van der Waals surface area contributed by atoms with Gasteiger partial charge in [0, 0.05) is 17.0 Å². The van der Waals surface area contributed by atoms with E-state index in [1.807, 2.05) is 35.7 Å². The van der Waals surface area contributed by atoms with E-state index in [1.54, 1.807) is 12.1 Å². The second kappa shape index (κ2) is 9.12. The molecule has 1 aromatic heterocycles. The molecule has 2 aromatic carbocycles. The average Bonchev–Trinajstić information content (AvgIpc) is 3.16. The highest BCUT2D eigenvalue weighted by Gasteiger charge is 2.13. The zero-order valence-electron chi connectivity index (χ0n) is 14.7. The number of methoxy groups -OCH3 is 2. The van der Waals surface area contributed by atoms with Crippen LogP contribution in [-0.2, 0) is 4.79 Å². The first-order valence-electron chi connectivity index (χ1n) is 7.96.